The molecule has 0 unspecified atom stereocenters. The van der Waals surface area contributed by atoms with Gasteiger partial charge in [-0.2, -0.15) is 0 Å². The van der Waals surface area contributed by atoms with Gasteiger partial charge in [-0.15, -0.1) is 11.8 Å². The molecule has 0 bridgehead atoms. The van der Waals surface area contributed by atoms with E-state index in [-0.39, 0.29) is 17.2 Å². The van der Waals surface area contributed by atoms with Crippen molar-refractivity contribution in [2.75, 3.05) is 17.2 Å². The van der Waals surface area contributed by atoms with Crippen molar-refractivity contribution < 1.29 is 14.0 Å². The van der Waals surface area contributed by atoms with Crippen LogP contribution in [0.3, 0.4) is 0 Å². The van der Waals surface area contributed by atoms with Gasteiger partial charge in [0.25, 0.3) is 5.91 Å². The fraction of sp³-hybridized carbons (Fsp3) is 0.217. The third-order valence-corrected chi connectivity index (χ3v) is 6.71. The molecule has 29 heavy (non-hydrogen) atoms. The molecule has 0 radical (unpaired) electrons. The molecule has 5 rings (SSSR count). The zero-order valence-corrected chi connectivity index (χ0v) is 16.6. The number of benzene rings is 2. The first-order valence-electron chi connectivity index (χ1n) is 9.64. The summed E-state index contributed by atoms with van der Waals surface area (Å²) in [6.07, 6.45) is 2.51. The van der Waals surface area contributed by atoms with E-state index in [9.17, 15) is 9.59 Å². The standard InChI is InChI=1S/C23H20N2O3S/c26-21-15-29-23(25(21)14-19-5-3-13-28-19)18-9-7-17(8-10-18)22(27)24-12-11-16-4-1-2-6-20(16)24/h1-10,13,23H,11-12,14-15H2/t23-/m1/s1. The minimum atomic E-state index is -0.0655. The molecule has 0 saturated carbocycles. The maximum absolute atomic E-state index is 13.0. The van der Waals surface area contributed by atoms with Gasteiger partial charge in [0.1, 0.15) is 11.1 Å². The molecule has 1 aromatic heterocycles. The lowest BCUT2D eigenvalue weighted by Gasteiger charge is -2.23. The summed E-state index contributed by atoms with van der Waals surface area (Å²) in [6.45, 7) is 1.17. The smallest absolute Gasteiger partial charge is 0.258 e. The molecule has 2 amide bonds. The molecule has 3 heterocycles. The molecule has 2 aromatic carbocycles. The van der Waals surface area contributed by atoms with Crippen LogP contribution >= 0.6 is 11.8 Å². The summed E-state index contributed by atoms with van der Waals surface area (Å²) in [5.41, 5.74) is 3.90. The van der Waals surface area contributed by atoms with Crippen molar-refractivity contribution in [1.82, 2.24) is 4.90 Å². The van der Waals surface area contributed by atoms with Crippen LogP contribution in [0.2, 0.25) is 0 Å². The number of carbonyl (C=O) groups is 2. The molecule has 3 aromatic rings. The van der Waals surface area contributed by atoms with Gasteiger partial charge in [0.15, 0.2) is 0 Å². The highest BCUT2D eigenvalue weighted by Crippen LogP contribution is 2.39. The average Bonchev–Trinajstić information content (AvgIpc) is 3.49. The summed E-state index contributed by atoms with van der Waals surface area (Å²) in [5.74, 6) is 1.34. The Morgan fingerprint density at radius 3 is 2.69 bits per heavy atom. The summed E-state index contributed by atoms with van der Waals surface area (Å²) >= 11 is 1.60. The highest BCUT2D eigenvalue weighted by molar-refractivity contribution is 8.00. The number of furan rings is 1. The SMILES string of the molecule is O=C(c1ccc([C@H]2SCC(=O)N2Cc2ccco2)cc1)N1CCc2ccccc21. The zero-order chi connectivity index (χ0) is 19.8. The van der Waals surface area contributed by atoms with Crippen LogP contribution in [-0.2, 0) is 17.8 Å². The molecule has 0 N–H and O–H groups in total. The van der Waals surface area contributed by atoms with E-state index >= 15 is 0 Å². The van der Waals surface area contributed by atoms with Crippen LogP contribution in [0.5, 0.6) is 0 Å². The Kier molecular flexibility index (Phi) is 4.64. The van der Waals surface area contributed by atoms with E-state index in [1.54, 1.807) is 18.0 Å². The van der Waals surface area contributed by atoms with E-state index in [1.807, 2.05) is 64.4 Å². The van der Waals surface area contributed by atoms with Crippen LogP contribution < -0.4 is 4.90 Å². The number of fused-ring (bicyclic) bond motifs is 1. The first kappa shape index (κ1) is 18.1. The number of nitrogens with zero attached hydrogens (tertiary/aromatic N) is 2. The monoisotopic (exact) mass is 404 g/mol. The highest BCUT2D eigenvalue weighted by Gasteiger charge is 2.33. The second-order valence-electron chi connectivity index (χ2n) is 7.22. The molecule has 0 aliphatic carbocycles. The average molecular weight is 404 g/mol. The van der Waals surface area contributed by atoms with Crippen LogP contribution in [0.25, 0.3) is 0 Å². The van der Waals surface area contributed by atoms with Crippen molar-refractivity contribution in [2.24, 2.45) is 0 Å². The van der Waals surface area contributed by atoms with Gasteiger partial charge >= 0.3 is 0 Å². The van der Waals surface area contributed by atoms with E-state index in [2.05, 4.69) is 6.07 Å². The Hall–Kier alpha value is -2.99. The van der Waals surface area contributed by atoms with Gasteiger partial charge < -0.3 is 14.2 Å². The topological polar surface area (TPSA) is 53.8 Å². The van der Waals surface area contributed by atoms with Gasteiger partial charge in [-0.1, -0.05) is 30.3 Å². The van der Waals surface area contributed by atoms with E-state index in [0.29, 0.717) is 24.4 Å². The number of anilines is 1. The number of thioether (sulfide) groups is 1. The molecule has 146 valence electrons. The Morgan fingerprint density at radius 1 is 1.07 bits per heavy atom. The molecule has 1 atom stereocenters. The Morgan fingerprint density at radius 2 is 1.90 bits per heavy atom. The maximum Gasteiger partial charge on any atom is 0.258 e. The molecule has 1 fully saturated rings. The summed E-state index contributed by atoms with van der Waals surface area (Å²) in [4.78, 5) is 29.0. The number of amides is 2. The maximum atomic E-state index is 13.0. The molecule has 1 saturated heterocycles. The third kappa shape index (κ3) is 3.34. The molecule has 2 aliphatic rings. The minimum absolute atomic E-state index is 0.0177. The fourth-order valence-corrected chi connectivity index (χ4v) is 5.15. The normalized spacial score (nSPS) is 18.3. The number of rotatable bonds is 4. The van der Waals surface area contributed by atoms with Crippen LogP contribution in [0.1, 0.15) is 32.6 Å². The summed E-state index contributed by atoms with van der Waals surface area (Å²) in [7, 11) is 0. The lowest BCUT2D eigenvalue weighted by Crippen LogP contribution is -2.29. The first-order chi connectivity index (χ1) is 14.2. The summed E-state index contributed by atoms with van der Waals surface area (Å²) in [5, 5.41) is -0.0655. The predicted octanol–water partition coefficient (Wildman–Crippen LogP) is 4.26. The van der Waals surface area contributed by atoms with Crippen molar-refractivity contribution in [2.45, 2.75) is 18.3 Å². The van der Waals surface area contributed by atoms with Crippen LogP contribution in [0.4, 0.5) is 5.69 Å². The molecule has 5 nitrogen and oxygen atoms in total. The molecule has 2 aliphatic heterocycles. The van der Waals surface area contributed by atoms with Gasteiger partial charge in [-0.05, 0) is 47.9 Å². The van der Waals surface area contributed by atoms with Crippen molar-refractivity contribution in [3.05, 3.63) is 89.4 Å². The number of para-hydroxylation sites is 1. The highest BCUT2D eigenvalue weighted by atomic mass is 32.2. The number of hydrogen-bond donors (Lipinski definition) is 0. The summed E-state index contributed by atoms with van der Waals surface area (Å²) < 4.78 is 5.41. The predicted molar refractivity (Wildman–Crippen MR) is 113 cm³/mol. The van der Waals surface area contributed by atoms with Gasteiger partial charge in [-0.25, -0.2) is 0 Å². The van der Waals surface area contributed by atoms with Gasteiger partial charge in [-0.3, -0.25) is 9.59 Å². The van der Waals surface area contributed by atoms with Gasteiger partial charge in [0.05, 0.1) is 18.6 Å². The van der Waals surface area contributed by atoms with E-state index in [0.717, 1.165) is 23.4 Å². The lowest BCUT2D eigenvalue weighted by molar-refractivity contribution is -0.128. The first-order valence-corrected chi connectivity index (χ1v) is 10.7. The Bertz CT molecular complexity index is 1050. The Balaban J connectivity index is 1.35. The zero-order valence-electron chi connectivity index (χ0n) is 15.8. The largest absolute Gasteiger partial charge is 0.467 e. The summed E-state index contributed by atoms with van der Waals surface area (Å²) in [6, 6.07) is 19.4. The van der Waals surface area contributed by atoms with Gasteiger partial charge in [0, 0.05) is 17.8 Å². The fourth-order valence-electron chi connectivity index (χ4n) is 3.97. The second-order valence-corrected chi connectivity index (χ2v) is 8.29. The van der Waals surface area contributed by atoms with Crippen LogP contribution in [-0.4, -0.2) is 29.0 Å². The van der Waals surface area contributed by atoms with Crippen molar-refractivity contribution in [3.8, 4) is 0 Å². The van der Waals surface area contributed by atoms with Gasteiger partial charge in [0.2, 0.25) is 5.91 Å². The minimum Gasteiger partial charge on any atom is -0.467 e. The third-order valence-electron chi connectivity index (χ3n) is 5.45. The quantitative estimate of drug-likeness (QED) is 0.652. The van der Waals surface area contributed by atoms with Crippen molar-refractivity contribution in [3.63, 3.8) is 0 Å². The number of carbonyl (C=O) groups excluding carboxylic acids is 2. The molecular weight excluding hydrogens is 384 g/mol. The molecule has 0 spiro atoms. The lowest BCUT2D eigenvalue weighted by atomic mass is 10.1. The van der Waals surface area contributed by atoms with E-state index in [4.69, 9.17) is 4.42 Å². The van der Waals surface area contributed by atoms with E-state index in [1.165, 1.54) is 5.56 Å². The van der Waals surface area contributed by atoms with Crippen LogP contribution in [0.15, 0.2) is 71.3 Å². The molecule has 6 heteroatoms. The van der Waals surface area contributed by atoms with Crippen molar-refractivity contribution in [1.29, 1.82) is 0 Å². The second kappa shape index (κ2) is 7.44. The molecular formula is C23H20N2O3S. The Labute approximate surface area is 173 Å². The van der Waals surface area contributed by atoms with Crippen molar-refractivity contribution >= 4 is 29.3 Å². The van der Waals surface area contributed by atoms with E-state index < -0.39 is 0 Å². The number of hydrogen-bond acceptors (Lipinski definition) is 4. The van der Waals surface area contributed by atoms with Crippen LogP contribution in [0, 0.1) is 0 Å².